The highest BCUT2D eigenvalue weighted by Crippen LogP contribution is 2.28. The van der Waals surface area contributed by atoms with E-state index in [4.69, 9.17) is 4.74 Å². The van der Waals surface area contributed by atoms with Crippen molar-refractivity contribution in [1.29, 1.82) is 0 Å². The molecular weight excluding hydrogens is 281 g/mol. The molecule has 1 aromatic rings. The molecule has 2 atom stereocenters. The molecule has 2 unspecified atom stereocenters. The van der Waals surface area contributed by atoms with Gasteiger partial charge in [-0.1, -0.05) is 12.1 Å². The van der Waals surface area contributed by atoms with E-state index >= 15 is 0 Å². The van der Waals surface area contributed by atoms with Crippen LogP contribution in [0, 0.1) is 11.7 Å². The van der Waals surface area contributed by atoms with Crippen LogP contribution in [0.5, 0.6) is 0 Å². The van der Waals surface area contributed by atoms with E-state index < -0.39 is 0 Å². The first-order chi connectivity index (χ1) is 10.7. The second-order valence-electron chi connectivity index (χ2n) is 6.26. The average Bonchev–Trinajstić information content (AvgIpc) is 3.32. The Bertz CT molecular complexity index is 527. The number of halogens is 1. The minimum atomic E-state index is -0.216. The van der Waals surface area contributed by atoms with Crippen LogP contribution in [0.2, 0.25) is 0 Å². The molecule has 2 aliphatic rings. The predicted molar refractivity (Wildman–Crippen MR) is 85.3 cm³/mol. The van der Waals surface area contributed by atoms with Gasteiger partial charge in [0.15, 0.2) is 5.96 Å². The van der Waals surface area contributed by atoms with Gasteiger partial charge in [0.05, 0.1) is 12.6 Å². The van der Waals surface area contributed by atoms with Crippen LogP contribution >= 0.6 is 0 Å². The summed E-state index contributed by atoms with van der Waals surface area (Å²) in [6.07, 6.45) is 2.70. The van der Waals surface area contributed by atoms with Gasteiger partial charge in [-0.25, -0.2) is 4.39 Å². The van der Waals surface area contributed by atoms with Crippen LogP contribution in [-0.2, 0) is 4.74 Å². The van der Waals surface area contributed by atoms with Crippen LogP contribution in [-0.4, -0.2) is 43.6 Å². The molecule has 1 aromatic carbocycles. The van der Waals surface area contributed by atoms with Gasteiger partial charge in [0.2, 0.25) is 0 Å². The third kappa shape index (κ3) is 3.77. The third-order valence-electron chi connectivity index (χ3n) is 4.26. The van der Waals surface area contributed by atoms with Gasteiger partial charge in [0, 0.05) is 20.1 Å². The molecule has 1 saturated heterocycles. The Hall–Kier alpha value is -1.62. The lowest BCUT2D eigenvalue weighted by Gasteiger charge is -2.38. The Balaban J connectivity index is 1.67. The van der Waals surface area contributed by atoms with Gasteiger partial charge in [0.1, 0.15) is 11.9 Å². The van der Waals surface area contributed by atoms with Crippen molar-refractivity contribution in [2.75, 3.05) is 26.7 Å². The summed E-state index contributed by atoms with van der Waals surface area (Å²) in [6, 6.07) is 6.58. The summed E-state index contributed by atoms with van der Waals surface area (Å²) in [5.74, 6) is 1.53. The number of rotatable bonds is 3. The van der Waals surface area contributed by atoms with Crippen molar-refractivity contribution in [3.8, 4) is 0 Å². The van der Waals surface area contributed by atoms with Crippen LogP contribution in [0.1, 0.15) is 31.4 Å². The van der Waals surface area contributed by atoms with Crippen molar-refractivity contribution in [2.45, 2.75) is 32.0 Å². The fourth-order valence-corrected chi connectivity index (χ4v) is 2.88. The van der Waals surface area contributed by atoms with Crippen LogP contribution in [0.15, 0.2) is 29.3 Å². The van der Waals surface area contributed by atoms with E-state index in [1.165, 1.54) is 25.0 Å². The second kappa shape index (κ2) is 6.65. The van der Waals surface area contributed by atoms with E-state index in [1.54, 1.807) is 12.1 Å². The van der Waals surface area contributed by atoms with Crippen LogP contribution in [0.25, 0.3) is 0 Å². The number of nitrogens with zero attached hydrogens (tertiary/aromatic N) is 2. The van der Waals surface area contributed by atoms with Crippen molar-refractivity contribution in [2.24, 2.45) is 10.9 Å². The average molecular weight is 305 g/mol. The van der Waals surface area contributed by atoms with Gasteiger partial charge in [-0.3, -0.25) is 4.99 Å². The van der Waals surface area contributed by atoms with Crippen LogP contribution in [0.3, 0.4) is 0 Å². The number of hydrogen-bond acceptors (Lipinski definition) is 2. The molecule has 1 heterocycles. The summed E-state index contributed by atoms with van der Waals surface area (Å²) in [6.45, 7) is 4.62. The Labute approximate surface area is 131 Å². The van der Waals surface area contributed by atoms with E-state index in [2.05, 4.69) is 22.1 Å². The number of guanidine groups is 1. The maximum Gasteiger partial charge on any atom is 0.193 e. The van der Waals surface area contributed by atoms with Gasteiger partial charge in [0.25, 0.3) is 0 Å². The largest absolute Gasteiger partial charge is 0.367 e. The summed E-state index contributed by atoms with van der Waals surface area (Å²) in [5, 5.41) is 3.46. The summed E-state index contributed by atoms with van der Waals surface area (Å²) in [4.78, 5) is 6.64. The molecule has 0 bridgehead atoms. The highest BCUT2D eigenvalue weighted by Gasteiger charge is 2.29. The Morgan fingerprint density at radius 2 is 2.05 bits per heavy atom. The van der Waals surface area contributed by atoms with E-state index in [9.17, 15) is 4.39 Å². The quantitative estimate of drug-likeness (QED) is 0.689. The van der Waals surface area contributed by atoms with E-state index in [1.807, 2.05) is 7.05 Å². The molecule has 0 spiro atoms. The highest BCUT2D eigenvalue weighted by molar-refractivity contribution is 5.80. The van der Waals surface area contributed by atoms with Gasteiger partial charge in [-0.05, 0) is 43.4 Å². The molecule has 3 rings (SSSR count). The predicted octanol–water partition coefficient (Wildman–Crippen LogP) is 2.57. The number of nitrogens with one attached hydrogen (secondary N) is 1. The number of hydrogen-bond donors (Lipinski definition) is 1. The SMILES string of the molecule is CN=C(NCC1CC1)N1CC(C)OC(c2ccc(F)cc2)C1. The molecule has 2 fully saturated rings. The first-order valence-electron chi connectivity index (χ1n) is 8.02. The molecule has 1 N–H and O–H groups in total. The Morgan fingerprint density at radius 1 is 1.32 bits per heavy atom. The normalized spacial score (nSPS) is 26.1. The van der Waals surface area contributed by atoms with E-state index in [0.29, 0.717) is 0 Å². The maximum absolute atomic E-state index is 13.1. The zero-order valence-electron chi connectivity index (χ0n) is 13.3. The highest BCUT2D eigenvalue weighted by atomic mass is 19.1. The molecule has 0 amide bonds. The monoisotopic (exact) mass is 305 g/mol. The smallest absolute Gasteiger partial charge is 0.193 e. The lowest BCUT2D eigenvalue weighted by Crippen LogP contribution is -2.51. The molecule has 5 heteroatoms. The van der Waals surface area contributed by atoms with Crippen molar-refractivity contribution >= 4 is 5.96 Å². The number of morpholine rings is 1. The summed E-state index contributed by atoms with van der Waals surface area (Å²) in [5.41, 5.74) is 1.01. The Kier molecular flexibility index (Phi) is 4.62. The third-order valence-corrected chi connectivity index (χ3v) is 4.26. The molecule has 1 saturated carbocycles. The van der Waals surface area contributed by atoms with Crippen molar-refractivity contribution < 1.29 is 9.13 Å². The zero-order chi connectivity index (χ0) is 15.5. The first-order valence-corrected chi connectivity index (χ1v) is 8.02. The topological polar surface area (TPSA) is 36.9 Å². The second-order valence-corrected chi connectivity index (χ2v) is 6.26. The standard InChI is InChI=1S/C17H24FN3O/c1-12-10-21(17(19-2)20-9-13-3-4-13)11-16(22-12)14-5-7-15(18)8-6-14/h5-8,12-13,16H,3-4,9-11H2,1-2H3,(H,19,20). The minimum Gasteiger partial charge on any atom is -0.367 e. The maximum atomic E-state index is 13.1. The van der Waals surface area contributed by atoms with Crippen LogP contribution < -0.4 is 5.32 Å². The molecule has 4 nitrogen and oxygen atoms in total. The van der Waals surface area contributed by atoms with Crippen LogP contribution in [0.4, 0.5) is 4.39 Å². The van der Waals surface area contributed by atoms with E-state index in [0.717, 1.165) is 37.1 Å². The number of benzene rings is 1. The molecule has 0 aromatic heterocycles. The minimum absolute atomic E-state index is 0.0520. The molecule has 120 valence electrons. The van der Waals surface area contributed by atoms with Gasteiger partial charge < -0.3 is 15.0 Å². The summed E-state index contributed by atoms with van der Waals surface area (Å²) < 4.78 is 19.1. The molecule has 1 aliphatic carbocycles. The lowest BCUT2D eigenvalue weighted by atomic mass is 10.1. The lowest BCUT2D eigenvalue weighted by molar-refractivity contribution is -0.0605. The molecule has 1 aliphatic heterocycles. The number of ether oxygens (including phenoxy) is 1. The summed E-state index contributed by atoms with van der Waals surface area (Å²) >= 11 is 0. The number of aliphatic imine (C=N–C) groups is 1. The zero-order valence-corrected chi connectivity index (χ0v) is 13.3. The molecule has 0 radical (unpaired) electrons. The van der Waals surface area contributed by atoms with Crippen molar-refractivity contribution in [3.63, 3.8) is 0 Å². The van der Waals surface area contributed by atoms with E-state index in [-0.39, 0.29) is 18.0 Å². The van der Waals surface area contributed by atoms with Gasteiger partial charge >= 0.3 is 0 Å². The molecular formula is C17H24FN3O. The molecule has 22 heavy (non-hydrogen) atoms. The fraction of sp³-hybridized carbons (Fsp3) is 0.588. The summed E-state index contributed by atoms with van der Waals surface area (Å²) in [7, 11) is 1.82. The van der Waals surface area contributed by atoms with Crippen molar-refractivity contribution in [3.05, 3.63) is 35.6 Å². The Morgan fingerprint density at radius 3 is 2.68 bits per heavy atom. The van der Waals surface area contributed by atoms with Gasteiger partial charge in [-0.15, -0.1) is 0 Å². The fourth-order valence-electron chi connectivity index (χ4n) is 2.88. The van der Waals surface area contributed by atoms with Crippen molar-refractivity contribution in [1.82, 2.24) is 10.2 Å². The van der Waals surface area contributed by atoms with Gasteiger partial charge in [-0.2, -0.15) is 0 Å². The first kappa shape index (κ1) is 15.3.